The third kappa shape index (κ3) is 2.34. The van der Waals surface area contributed by atoms with Crippen LogP contribution in [0.4, 0.5) is 8.78 Å². The molecule has 98 valence electrons. The molecule has 18 heavy (non-hydrogen) atoms. The fraction of sp³-hybridized carbons (Fsp3) is 0.111. The van der Waals surface area contributed by atoms with E-state index in [0.717, 1.165) is 11.8 Å². The Labute approximate surface area is 106 Å². The number of sulfonamides is 1. The molecule has 0 aliphatic carbocycles. The Bertz CT molecular complexity index is 631. The van der Waals surface area contributed by atoms with Gasteiger partial charge in [-0.05, 0) is 17.5 Å². The first-order valence-electron chi connectivity index (χ1n) is 4.59. The third-order valence-corrected chi connectivity index (χ3v) is 3.96. The third-order valence-electron chi connectivity index (χ3n) is 2.26. The lowest BCUT2D eigenvalue weighted by Crippen LogP contribution is -2.16. The molecule has 0 amide bonds. The first-order chi connectivity index (χ1) is 8.30. The molecule has 0 unspecified atom stereocenters. The topological polar surface area (TPSA) is 86.5 Å². The molecule has 2 rings (SSSR count). The highest BCUT2D eigenvalue weighted by Gasteiger charge is 2.21. The van der Waals surface area contributed by atoms with E-state index in [4.69, 9.17) is 5.14 Å². The Hall–Kier alpha value is -1.16. The summed E-state index contributed by atoms with van der Waals surface area (Å²) in [7, 11) is -4.34. The lowest BCUT2D eigenvalue weighted by atomic mass is 10.1. The lowest BCUT2D eigenvalue weighted by molar-refractivity contribution is 0.547. The predicted molar refractivity (Wildman–Crippen MR) is 63.4 cm³/mol. The van der Waals surface area contributed by atoms with Gasteiger partial charge in [0, 0.05) is 11.3 Å². The van der Waals surface area contributed by atoms with Gasteiger partial charge >= 0.3 is 0 Å². The maximum Gasteiger partial charge on any atom is 0.241 e. The fourth-order valence-electron chi connectivity index (χ4n) is 1.45. The molecule has 0 radical (unpaired) electrons. The summed E-state index contributed by atoms with van der Waals surface area (Å²) in [5.74, 6) is -2.14. The molecular formula is C9H7F2N2O3S2-. The van der Waals surface area contributed by atoms with Gasteiger partial charge in [0.2, 0.25) is 10.0 Å². The zero-order valence-electron chi connectivity index (χ0n) is 8.76. The minimum absolute atomic E-state index is 0.0441. The van der Waals surface area contributed by atoms with Gasteiger partial charge in [-0.25, -0.2) is 22.3 Å². The highest BCUT2D eigenvalue weighted by atomic mass is 32.2. The summed E-state index contributed by atoms with van der Waals surface area (Å²) in [5.41, 5.74) is -0.336. The molecule has 1 aliphatic rings. The minimum atomic E-state index is -4.34. The molecule has 0 spiro atoms. The Morgan fingerprint density at radius 3 is 2.50 bits per heavy atom. The van der Waals surface area contributed by atoms with Crippen molar-refractivity contribution in [3.05, 3.63) is 39.9 Å². The second-order valence-electron chi connectivity index (χ2n) is 3.48. The molecule has 1 aliphatic heterocycles. The fourth-order valence-corrected chi connectivity index (χ4v) is 2.80. The molecule has 0 fully saturated rings. The molecule has 0 atom stereocenters. The molecule has 0 saturated carbocycles. The van der Waals surface area contributed by atoms with E-state index in [1.165, 1.54) is 5.41 Å². The van der Waals surface area contributed by atoms with E-state index in [2.05, 4.69) is 0 Å². The number of thioether (sulfide) groups is 1. The van der Waals surface area contributed by atoms with Crippen LogP contribution in [0.1, 0.15) is 5.56 Å². The predicted octanol–water partition coefficient (Wildman–Crippen LogP) is 1.41. The second-order valence-corrected chi connectivity index (χ2v) is 5.84. The zero-order chi connectivity index (χ0) is 13.5. The van der Waals surface area contributed by atoms with E-state index in [0.29, 0.717) is 17.2 Å². The van der Waals surface area contributed by atoms with Gasteiger partial charge in [0.25, 0.3) is 0 Å². The number of hydroxylamine groups is 2. The normalized spacial score (nSPS) is 16.0. The Kier molecular flexibility index (Phi) is 3.32. The summed E-state index contributed by atoms with van der Waals surface area (Å²) < 4.78 is 49.2. The number of benzene rings is 1. The van der Waals surface area contributed by atoms with Gasteiger partial charge in [-0.3, -0.25) is 0 Å². The maximum atomic E-state index is 13.7. The van der Waals surface area contributed by atoms with Gasteiger partial charge in [-0.2, -0.15) is 0 Å². The molecule has 0 bridgehead atoms. The Balaban J connectivity index is 2.57. The zero-order valence-corrected chi connectivity index (χ0v) is 10.4. The van der Waals surface area contributed by atoms with Crippen LogP contribution in [0.2, 0.25) is 0 Å². The summed E-state index contributed by atoms with van der Waals surface area (Å²) in [5, 5.41) is 17.9. The van der Waals surface area contributed by atoms with Gasteiger partial charge in [0.1, 0.15) is 16.5 Å². The molecule has 0 aromatic heterocycles. The Morgan fingerprint density at radius 1 is 1.33 bits per heavy atom. The highest BCUT2D eigenvalue weighted by molar-refractivity contribution is 8.02. The van der Waals surface area contributed by atoms with Crippen LogP contribution in [0.5, 0.6) is 0 Å². The van der Waals surface area contributed by atoms with Crippen LogP contribution in [0.15, 0.2) is 22.4 Å². The summed E-state index contributed by atoms with van der Waals surface area (Å²) in [4.78, 5) is -0.938. The van der Waals surface area contributed by atoms with E-state index in [-0.39, 0.29) is 17.1 Å². The van der Waals surface area contributed by atoms with E-state index in [1.54, 1.807) is 0 Å². The summed E-state index contributed by atoms with van der Waals surface area (Å²) in [6, 6.07) is 1.12. The molecule has 5 nitrogen and oxygen atoms in total. The number of nitrogens with zero attached hydrogens (tertiary/aromatic N) is 1. The number of halogens is 2. The van der Waals surface area contributed by atoms with Crippen LogP contribution >= 0.6 is 11.8 Å². The van der Waals surface area contributed by atoms with Gasteiger partial charge in [-0.1, -0.05) is 0 Å². The molecule has 1 aromatic rings. The summed E-state index contributed by atoms with van der Waals surface area (Å²) in [6.07, 6.45) is 0. The largest absolute Gasteiger partial charge is 0.758 e. The quantitative estimate of drug-likeness (QED) is 0.891. The van der Waals surface area contributed by atoms with Gasteiger partial charge < -0.3 is 10.3 Å². The van der Waals surface area contributed by atoms with Gasteiger partial charge in [0.05, 0.1) is 5.88 Å². The highest BCUT2D eigenvalue weighted by Crippen LogP contribution is 2.32. The molecule has 1 heterocycles. The van der Waals surface area contributed by atoms with Crippen LogP contribution in [-0.2, 0) is 10.0 Å². The lowest BCUT2D eigenvalue weighted by Gasteiger charge is -2.27. The molecular weight excluding hydrogens is 286 g/mol. The molecule has 9 heteroatoms. The first-order valence-corrected chi connectivity index (χ1v) is 7.19. The van der Waals surface area contributed by atoms with Crippen molar-refractivity contribution in [2.24, 2.45) is 5.14 Å². The number of hydrogen-bond donors (Lipinski definition) is 1. The molecule has 2 N–H and O–H groups in total. The van der Waals surface area contributed by atoms with Crippen molar-refractivity contribution in [1.82, 2.24) is 5.06 Å². The summed E-state index contributed by atoms with van der Waals surface area (Å²) >= 11 is 1.13. The van der Waals surface area contributed by atoms with Crippen molar-refractivity contribution in [2.45, 2.75) is 4.90 Å². The Morgan fingerprint density at radius 2 is 2.00 bits per heavy atom. The number of rotatable bonds is 2. The number of nitrogens with two attached hydrogens (primary N) is 1. The molecule has 0 saturated heterocycles. The SMILES string of the molecule is NS(=O)(=O)c1cc(F)c(C2=CSCN2[O-])cc1F. The van der Waals surface area contributed by atoms with Crippen molar-refractivity contribution in [3.8, 4) is 0 Å². The van der Waals surface area contributed by atoms with Gasteiger partial charge in [-0.15, -0.1) is 11.8 Å². The van der Waals surface area contributed by atoms with Crippen LogP contribution in [0.3, 0.4) is 0 Å². The van der Waals surface area contributed by atoms with Crippen LogP contribution in [0, 0.1) is 16.8 Å². The van der Waals surface area contributed by atoms with Crippen molar-refractivity contribution in [3.63, 3.8) is 0 Å². The first kappa shape index (κ1) is 13.3. The van der Waals surface area contributed by atoms with Crippen LogP contribution in [-0.4, -0.2) is 19.4 Å². The number of hydrogen-bond acceptors (Lipinski definition) is 5. The van der Waals surface area contributed by atoms with E-state index >= 15 is 0 Å². The van der Waals surface area contributed by atoms with Crippen molar-refractivity contribution < 1.29 is 17.2 Å². The summed E-state index contributed by atoms with van der Waals surface area (Å²) in [6.45, 7) is 0. The van der Waals surface area contributed by atoms with Crippen molar-refractivity contribution >= 4 is 27.5 Å². The van der Waals surface area contributed by atoms with Crippen LogP contribution in [0.25, 0.3) is 5.70 Å². The van der Waals surface area contributed by atoms with Crippen molar-refractivity contribution in [1.29, 1.82) is 0 Å². The maximum absolute atomic E-state index is 13.7. The van der Waals surface area contributed by atoms with Gasteiger partial charge in [0.15, 0.2) is 0 Å². The minimum Gasteiger partial charge on any atom is -0.758 e. The van der Waals surface area contributed by atoms with E-state index in [1.807, 2.05) is 0 Å². The second kappa shape index (κ2) is 4.50. The average Bonchev–Trinajstić information content (AvgIpc) is 2.66. The molecule has 1 aromatic carbocycles. The monoisotopic (exact) mass is 293 g/mol. The van der Waals surface area contributed by atoms with E-state index < -0.39 is 26.6 Å². The standard InChI is InChI=1S/C9H7F2N2O3S2/c10-6-2-9(18(12,15)16)7(11)1-5(6)8-3-17-4-13(8)14/h1-3H,4H2,(H2,12,15,16)/q-1. The average molecular weight is 293 g/mol. The smallest absolute Gasteiger partial charge is 0.241 e. The van der Waals surface area contributed by atoms with E-state index in [9.17, 15) is 22.4 Å². The van der Waals surface area contributed by atoms with Crippen LogP contribution < -0.4 is 5.14 Å². The van der Waals surface area contributed by atoms with Crippen molar-refractivity contribution in [2.75, 3.05) is 5.88 Å². The number of primary sulfonamides is 1.